The molecule has 1 spiro atoms. The van der Waals surface area contributed by atoms with Gasteiger partial charge in [0.05, 0.1) is 12.4 Å². The summed E-state index contributed by atoms with van der Waals surface area (Å²) in [6, 6.07) is -0.287. The van der Waals surface area contributed by atoms with Crippen LogP contribution in [0.15, 0.2) is 4.52 Å². The number of nitrogens with zero attached hydrogens (tertiary/aromatic N) is 3. The predicted octanol–water partition coefficient (Wildman–Crippen LogP) is 2.82. The summed E-state index contributed by atoms with van der Waals surface area (Å²) in [6.45, 7) is 11.1. The molecule has 7 heteroatoms. The van der Waals surface area contributed by atoms with Crippen molar-refractivity contribution in [2.24, 2.45) is 11.3 Å². The molecule has 3 rings (SSSR count). The van der Waals surface area contributed by atoms with Crippen molar-refractivity contribution >= 4 is 11.9 Å². The highest BCUT2D eigenvalue weighted by atomic mass is 16.5. The maximum Gasteiger partial charge on any atom is 0.326 e. The Kier molecular flexibility index (Phi) is 4.63. The topological polar surface area (TPSA) is 78.7 Å². The Bertz CT molecular complexity index is 707. The molecule has 26 heavy (non-hydrogen) atoms. The molecule has 1 saturated heterocycles. The standard InChI is InChI=1S/C19H30N4O3/c1-12-7-18(4,5)10-19(8-12)16(24)23(17(25)20-19)11-22(6)9-15-13(2)21-26-14(15)3/h12H,7-11H2,1-6H3,(H,20,25). The Labute approximate surface area is 155 Å². The average Bonchev–Trinajstić information content (AvgIpc) is 2.91. The van der Waals surface area contributed by atoms with Crippen molar-refractivity contribution in [3.8, 4) is 0 Å². The fraction of sp³-hybridized carbons (Fsp3) is 0.737. The SMILES string of the molecule is Cc1noc(C)c1CN(C)CN1C(=O)NC2(CC(C)CC(C)(C)C2)C1=O. The smallest absolute Gasteiger partial charge is 0.326 e. The molecule has 144 valence electrons. The Morgan fingerprint density at radius 1 is 1.31 bits per heavy atom. The molecule has 0 bridgehead atoms. The van der Waals surface area contributed by atoms with E-state index in [1.54, 1.807) is 0 Å². The third kappa shape index (κ3) is 3.37. The number of aromatic nitrogens is 1. The van der Waals surface area contributed by atoms with Crippen LogP contribution >= 0.6 is 0 Å². The second-order valence-electron chi connectivity index (χ2n) is 9.06. The highest BCUT2D eigenvalue weighted by molar-refractivity contribution is 6.07. The molecule has 2 unspecified atom stereocenters. The molecule has 2 fully saturated rings. The third-order valence-corrected chi connectivity index (χ3v) is 5.62. The van der Waals surface area contributed by atoms with Crippen LogP contribution in [-0.4, -0.2) is 46.2 Å². The van der Waals surface area contributed by atoms with Crippen LogP contribution in [0.1, 0.15) is 57.1 Å². The number of carbonyl (C=O) groups is 2. The van der Waals surface area contributed by atoms with E-state index in [2.05, 4.69) is 31.2 Å². The zero-order valence-corrected chi connectivity index (χ0v) is 16.7. The maximum absolute atomic E-state index is 13.2. The second kappa shape index (κ2) is 6.37. The van der Waals surface area contributed by atoms with Crippen LogP contribution in [0.2, 0.25) is 0 Å². The molecule has 1 saturated carbocycles. The lowest BCUT2D eigenvalue weighted by atomic mass is 9.64. The summed E-state index contributed by atoms with van der Waals surface area (Å²) < 4.78 is 5.20. The first-order valence-electron chi connectivity index (χ1n) is 9.27. The predicted molar refractivity (Wildman–Crippen MR) is 97.2 cm³/mol. The van der Waals surface area contributed by atoms with E-state index in [9.17, 15) is 9.59 Å². The molecule has 3 amide bonds. The van der Waals surface area contributed by atoms with Gasteiger partial charge in [0.25, 0.3) is 5.91 Å². The number of urea groups is 1. The molecule has 1 aromatic rings. The summed E-state index contributed by atoms with van der Waals surface area (Å²) in [6.07, 6.45) is 2.48. The van der Waals surface area contributed by atoms with Crippen LogP contribution in [0.25, 0.3) is 0 Å². The Morgan fingerprint density at radius 3 is 2.58 bits per heavy atom. The summed E-state index contributed by atoms with van der Waals surface area (Å²) in [5.41, 5.74) is 1.13. The van der Waals surface area contributed by atoms with Gasteiger partial charge in [0.1, 0.15) is 11.3 Å². The van der Waals surface area contributed by atoms with Crippen molar-refractivity contribution in [3.05, 3.63) is 17.0 Å². The molecule has 2 atom stereocenters. The van der Waals surface area contributed by atoms with Crippen LogP contribution in [0.5, 0.6) is 0 Å². The molecule has 1 N–H and O–H groups in total. The van der Waals surface area contributed by atoms with E-state index in [1.165, 1.54) is 4.90 Å². The van der Waals surface area contributed by atoms with Crippen LogP contribution < -0.4 is 5.32 Å². The van der Waals surface area contributed by atoms with Gasteiger partial charge in [-0.15, -0.1) is 0 Å². The van der Waals surface area contributed by atoms with Gasteiger partial charge in [0.15, 0.2) is 0 Å². The van der Waals surface area contributed by atoms with Crippen LogP contribution in [0.3, 0.4) is 0 Å². The number of aryl methyl sites for hydroxylation is 2. The third-order valence-electron chi connectivity index (χ3n) is 5.62. The van der Waals surface area contributed by atoms with Crippen LogP contribution in [-0.2, 0) is 11.3 Å². The van der Waals surface area contributed by atoms with E-state index in [0.29, 0.717) is 25.3 Å². The average molecular weight is 362 g/mol. The Balaban J connectivity index is 1.73. The summed E-state index contributed by atoms with van der Waals surface area (Å²) in [7, 11) is 1.89. The van der Waals surface area contributed by atoms with Gasteiger partial charge < -0.3 is 9.84 Å². The number of hydrogen-bond donors (Lipinski definition) is 1. The molecule has 1 aromatic heterocycles. The van der Waals surface area contributed by atoms with Gasteiger partial charge in [-0.25, -0.2) is 9.69 Å². The van der Waals surface area contributed by atoms with Gasteiger partial charge in [0.2, 0.25) is 0 Å². The molecular weight excluding hydrogens is 332 g/mol. The normalized spacial score (nSPS) is 28.3. The summed E-state index contributed by atoms with van der Waals surface area (Å²) in [5.74, 6) is 1.08. The van der Waals surface area contributed by atoms with Crippen molar-refractivity contribution in [1.29, 1.82) is 0 Å². The van der Waals surface area contributed by atoms with E-state index in [0.717, 1.165) is 23.4 Å². The molecule has 2 aliphatic rings. The lowest BCUT2D eigenvalue weighted by Gasteiger charge is -2.43. The van der Waals surface area contributed by atoms with Gasteiger partial charge in [-0.3, -0.25) is 9.69 Å². The summed E-state index contributed by atoms with van der Waals surface area (Å²) >= 11 is 0. The zero-order valence-electron chi connectivity index (χ0n) is 16.7. The lowest BCUT2D eigenvalue weighted by Crippen LogP contribution is -2.54. The van der Waals surface area contributed by atoms with Crippen molar-refractivity contribution in [3.63, 3.8) is 0 Å². The quantitative estimate of drug-likeness (QED) is 0.833. The van der Waals surface area contributed by atoms with Crippen molar-refractivity contribution in [2.45, 2.75) is 66.0 Å². The van der Waals surface area contributed by atoms with Gasteiger partial charge in [0, 0.05) is 12.1 Å². The van der Waals surface area contributed by atoms with Gasteiger partial charge >= 0.3 is 6.03 Å². The molecular formula is C19H30N4O3. The van der Waals surface area contributed by atoms with Crippen molar-refractivity contribution in [2.75, 3.05) is 13.7 Å². The number of nitrogens with one attached hydrogen (secondary N) is 1. The van der Waals surface area contributed by atoms with Crippen LogP contribution in [0, 0.1) is 25.2 Å². The molecule has 0 aromatic carbocycles. The molecule has 1 aliphatic carbocycles. The number of imide groups is 1. The molecule has 0 radical (unpaired) electrons. The first-order valence-corrected chi connectivity index (χ1v) is 9.27. The maximum atomic E-state index is 13.2. The Morgan fingerprint density at radius 2 is 2.00 bits per heavy atom. The second-order valence-corrected chi connectivity index (χ2v) is 9.06. The highest BCUT2D eigenvalue weighted by Crippen LogP contribution is 2.46. The van der Waals surface area contributed by atoms with E-state index >= 15 is 0 Å². The molecule has 2 heterocycles. The van der Waals surface area contributed by atoms with Gasteiger partial charge in [-0.05, 0) is 51.5 Å². The zero-order chi connectivity index (χ0) is 19.3. The largest absolute Gasteiger partial charge is 0.361 e. The number of rotatable bonds is 4. The molecule has 7 nitrogen and oxygen atoms in total. The van der Waals surface area contributed by atoms with E-state index in [1.807, 2.05) is 25.8 Å². The van der Waals surface area contributed by atoms with Gasteiger partial charge in [-0.2, -0.15) is 0 Å². The lowest BCUT2D eigenvalue weighted by molar-refractivity contribution is -0.136. The number of hydrogen-bond acceptors (Lipinski definition) is 5. The van der Waals surface area contributed by atoms with E-state index in [4.69, 9.17) is 4.52 Å². The fourth-order valence-corrected chi connectivity index (χ4v) is 4.92. The van der Waals surface area contributed by atoms with E-state index in [-0.39, 0.29) is 24.0 Å². The first-order chi connectivity index (χ1) is 12.0. The fourth-order valence-electron chi connectivity index (χ4n) is 4.92. The van der Waals surface area contributed by atoms with Crippen molar-refractivity contribution < 1.29 is 14.1 Å². The minimum absolute atomic E-state index is 0.0409. The number of amides is 3. The van der Waals surface area contributed by atoms with Crippen LogP contribution in [0.4, 0.5) is 4.79 Å². The Hall–Kier alpha value is -1.89. The van der Waals surface area contributed by atoms with E-state index < -0.39 is 5.54 Å². The highest BCUT2D eigenvalue weighted by Gasteiger charge is 2.56. The number of carbonyl (C=O) groups excluding carboxylic acids is 2. The minimum atomic E-state index is -0.748. The van der Waals surface area contributed by atoms with Crippen molar-refractivity contribution in [1.82, 2.24) is 20.3 Å². The summed E-state index contributed by atoms with van der Waals surface area (Å²) in [4.78, 5) is 29.1. The molecule has 1 aliphatic heterocycles. The first kappa shape index (κ1) is 18.9. The van der Waals surface area contributed by atoms with Gasteiger partial charge in [-0.1, -0.05) is 25.9 Å². The summed E-state index contributed by atoms with van der Waals surface area (Å²) in [5, 5.41) is 6.98. The minimum Gasteiger partial charge on any atom is -0.361 e. The monoisotopic (exact) mass is 362 g/mol.